The molecule has 3 rings (SSSR count). The summed E-state index contributed by atoms with van der Waals surface area (Å²) in [6.07, 6.45) is 2.02. The van der Waals surface area contributed by atoms with E-state index < -0.39 is 6.10 Å². The molecule has 1 aromatic rings. The summed E-state index contributed by atoms with van der Waals surface area (Å²) < 4.78 is 1.12. The molecule has 19 heavy (non-hydrogen) atoms. The van der Waals surface area contributed by atoms with Gasteiger partial charge in [0.15, 0.2) is 0 Å². The number of hydrogen-bond acceptors (Lipinski definition) is 4. The zero-order valence-electron chi connectivity index (χ0n) is 10.5. The average Bonchev–Trinajstić information content (AvgIpc) is 2.79. The molecule has 0 radical (unpaired) electrons. The molecule has 1 aromatic carbocycles. The van der Waals surface area contributed by atoms with Crippen LogP contribution >= 0.6 is 23.5 Å². The van der Waals surface area contributed by atoms with Crippen LogP contribution in [0.15, 0.2) is 45.7 Å². The zero-order chi connectivity index (χ0) is 13.4. The maximum absolute atomic E-state index is 11.9. The SMILES string of the molecule is CC[C@H](O)[C@@H]1C(=O)N2C=C(Sc3ccccc3)S[C@H]12. The average molecular weight is 293 g/mol. The Morgan fingerprint density at radius 2 is 2.16 bits per heavy atom. The van der Waals surface area contributed by atoms with Crippen molar-refractivity contribution in [1.29, 1.82) is 0 Å². The molecule has 3 atom stereocenters. The molecule has 1 fully saturated rings. The predicted octanol–water partition coefficient (Wildman–Crippen LogP) is 2.88. The van der Waals surface area contributed by atoms with Crippen molar-refractivity contribution < 1.29 is 9.90 Å². The van der Waals surface area contributed by atoms with Crippen LogP contribution in [0, 0.1) is 5.92 Å². The molecule has 1 saturated heterocycles. The van der Waals surface area contributed by atoms with Crippen molar-refractivity contribution in [3.63, 3.8) is 0 Å². The van der Waals surface area contributed by atoms with E-state index in [0.717, 1.165) is 4.24 Å². The summed E-state index contributed by atoms with van der Waals surface area (Å²) in [6.45, 7) is 1.91. The molecule has 1 amide bonds. The molecule has 3 nitrogen and oxygen atoms in total. The van der Waals surface area contributed by atoms with E-state index in [9.17, 15) is 9.90 Å². The number of amides is 1. The van der Waals surface area contributed by atoms with Crippen LogP contribution in [0.25, 0.3) is 0 Å². The van der Waals surface area contributed by atoms with Gasteiger partial charge in [-0.2, -0.15) is 0 Å². The van der Waals surface area contributed by atoms with Crippen LogP contribution in [0.3, 0.4) is 0 Å². The minimum atomic E-state index is -0.518. The van der Waals surface area contributed by atoms with E-state index in [0.29, 0.717) is 6.42 Å². The van der Waals surface area contributed by atoms with Gasteiger partial charge in [-0.25, -0.2) is 0 Å². The number of aliphatic hydroxyl groups excluding tert-OH is 1. The highest BCUT2D eigenvalue weighted by Gasteiger charge is 2.53. The number of nitrogens with zero attached hydrogens (tertiary/aromatic N) is 1. The molecule has 0 saturated carbocycles. The Kier molecular flexibility index (Phi) is 3.60. The van der Waals surface area contributed by atoms with Crippen molar-refractivity contribution in [3.05, 3.63) is 40.8 Å². The maximum atomic E-state index is 11.9. The molecule has 2 aliphatic heterocycles. The first kappa shape index (κ1) is 13.1. The van der Waals surface area contributed by atoms with Gasteiger partial charge in [0.25, 0.3) is 0 Å². The number of rotatable bonds is 4. The normalized spacial score (nSPS) is 26.7. The zero-order valence-corrected chi connectivity index (χ0v) is 12.2. The minimum absolute atomic E-state index is 0.0514. The number of benzene rings is 1. The smallest absolute Gasteiger partial charge is 0.236 e. The summed E-state index contributed by atoms with van der Waals surface area (Å²) in [5.41, 5.74) is 0. The number of thioether (sulfide) groups is 2. The van der Waals surface area contributed by atoms with Crippen molar-refractivity contribution in [2.45, 2.75) is 29.7 Å². The highest BCUT2D eigenvalue weighted by Crippen LogP contribution is 2.51. The van der Waals surface area contributed by atoms with E-state index in [1.54, 1.807) is 28.4 Å². The van der Waals surface area contributed by atoms with Gasteiger partial charge in [-0.3, -0.25) is 4.79 Å². The summed E-state index contributed by atoms with van der Waals surface area (Å²) >= 11 is 3.35. The molecule has 0 aromatic heterocycles. The van der Waals surface area contributed by atoms with Gasteiger partial charge in [-0.1, -0.05) is 48.6 Å². The number of hydrogen-bond donors (Lipinski definition) is 1. The van der Waals surface area contributed by atoms with E-state index in [4.69, 9.17) is 0 Å². The largest absolute Gasteiger partial charge is 0.392 e. The Morgan fingerprint density at radius 3 is 2.84 bits per heavy atom. The molecular formula is C14H15NO2S2. The van der Waals surface area contributed by atoms with Crippen LogP contribution < -0.4 is 0 Å². The van der Waals surface area contributed by atoms with Crippen LogP contribution in [0.1, 0.15) is 13.3 Å². The number of β-lactam (4-membered cyclic amide) rings is 1. The lowest BCUT2D eigenvalue weighted by Gasteiger charge is -2.42. The third-order valence-corrected chi connectivity index (χ3v) is 5.85. The molecule has 2 heterocycles. The van der Waals surface area contributed by atoms with Crippen LogP contribution in [0.5, 0.6) is 0 Å². The second kappa shape index (κ2) is 5.23. The number of carbonyl (C=O) groups excluding carboxylic acids is 1. The topological polar surface area (TPSA) is 40.5 Å². The number of carbonyl (C=O) groups is 1. The standard InChI is InChI=1S/C14H15NO2S2/c1-2-10(16)12-13(17)15-8-11(19-14(12)15)18-9-6-4-3-5-7-9/h3-8,10,12,14,16H,2H2,1H3/t10-,12+,14+/m0/s1. The second-order valence-corrected chi connectivity index (χ2v) is 7.15. The maximum Gasteiger partial charge on any atom is 0.236 e. The van der Waals surface area contributed by atoms with Gasteiger partial charge in [0.05, 0.1) is 16.3 Å². The van der Waals surface area contributed by atoms with E-state index in [1.165, 1.54) is 4.90 Å². The van der Waals surface area contributed by atoms with Gasteiger partial charge in [-0.15, -0.1) is 0 Å². The summed E-state index contributed by atoms with van der Waals surface area (Å²) in [7, 11) is 0. The van der Waals surface area contributed by atoms with Crippen molar-refractivity contribution in [2.24, 2.45) is 5.92 Å². The second-order valence-electron chi connectivity index (χ2n) is 4.62. The monoisotopic (exact) mass is 293 g/mol. The Balaban J connectivity index is 1.68. The first-order chi connectivity index (χ1) is 9.20. The van der Waals surface area contributed by atoms with Gasteiger partial charge in [-0.05, 0) is 18.6 Å². The third-order valence-electron chi connectivity index (χ3n) is 3.40. The summed E-state index contributed by atoms with van der Waals surface area (Å²) in [5, 5.41) is 9.97. The predicted molar refractivity (Wildman–Crippen MR) is 78.4 cm³/mol. The Hall–Kier alpha value is -0.910. The van der Waals surface area contributed by atoms with Crippen LogP contribution in [-0.2, 0) is 4.79 Å². The van der Waals surface area contributed by atoms with Gasteiger partial charge >= 0.3 is 0 Å². The molecular weight excluding hydrogens is 278 g/mol. The summed E-state index contributed by atoms with van der Waals surface area (Å²) in [4.78, 5) is 14.9. The van der Waals surface area contributed by atoms with Gasteiger partial charge in [0.2, 0.25) is 5.91 Å². The van der Waals surface area contributed by atoms with E-state index >= 15 is 0 Å². The fourth-order valence-corrected chi connectivity index (χ4v) is 4.91. The highest BCUT2D eigenvalue weighted by atomic mass is 32.2. The Morgan fingerprint density at radius 1 is 1.42 bits per heavy atom. The minimum Gasteiger partial charge on any atom is -0.392 e. The van der Waals surface area contributed by atoms with Crippen LogP contribution in [0.4, 0.5) is 0 Å². The first-order valence-electron chi connectivity index (χ1n) is 6.32. The summed E-state index contributed by atoms with van der Waals surface area (Å²) in [5.74, 6) is -0.185. The van der Waals surface area contributed by atoms with Crippen molar-refractivity contribution in [2.75, 3.05) is 0 Å². The first-order valence-corrected chi connectivity index (χ1v) is 8.02. The quantitative estimate of drug-likeness (QED) is 0.867. The lowest BCUT2D eigenvalue weighted by molar-refractivity contribution is -0.152. The van der Waals surface area contributed by atoms with Crippen molar-refractivity contribution in [1.82, 2.24) is 4.90 Å². The molecule has 1 N–H and O–H groups in total. The van der Waals surface area contributed by atoms with Crippen LogP contribution in [-0.4, -0.2) is 27.4 Å². The van der Waals surface area contributed by atoms with E-state index in [1.807, 2.05) is 31.3 Å². The van der Waals surface area contributed by atoms with Crippen molar-refractivity contribution in [3.8, 4) is 0 Å². The molecule has 0 aliphatic carbocycles. The van der Waals surface area contributed by atoms with E-state index in [-0.39, 0.29) is 17.2 Å². The molecule has 100 valence electrons. The highest BCUT2D eigenvalue weighted by molar-refractivity contribution is 8.22. The molecule has 0 unspecified atom stereocenters. The van der Waals surface area contributed by atoms with Gasteiger partial charge in [0.1, 0.15) is 5.37 Å². The Bertz CT molecular complexity index is 517. The van der Waals surface area contributed by atoms with E-state index in [2.05, 4.69) is 12.1 Å². The fraction of sp³-hybridized carbons (Fsp3) is 0.357. The third kappa shape index (κ3) is 2.30. The molecule has 0 spiro atoms. The van der Waals surface area contributed by atoms with Gasteiger partial charge in [0, 0.05) is 11.1 Å². The lowest BCUT2D eigenvalue weighted by Crippen LogP contribution is -2.59. The summed E-state index contributed by atoms with van der Waals surface area (Å²) in [6, 6.07) is 10.1. The molecule has 0 bridgehead atoms. The Labute approximate surface area is 121 Å². The van der Waals surface area contributed by atoms with Crippen molar-refractivity contribution >= 4 is 29.4 Å². The lowest BCUT2D eigenvalue weighted by atomic mass is 9.91. The molecule has 2 aliphatic rings. The molecule has 5 heteroatoms. The van der Waals surface area contributed by atoms with Gasteiger partial charge < -0.3 is 10.0 Å². The van der Waals surface area contributed by atoms with Crippen LogP contribution in [0.2, 0.25) is 0 Å². The number of fused-ring (bicyclic) bond motifs is 1. The fourth-order valence-electron chi connectivity index (χ4n) is 2.30. The number of aliphatic hydroxyl groups is 1.